The zero-order valence-corrected chi connectivity index (χ0v) is 16.9. The number of aryl methyl sites for hydroxylation is 1. The summed E-state index contributed by atoms with van der Waals surface area (Å²) in [4.78, 5) is 21.1. The summed E-state index contributed by atoms with van der Waals surface area (Å²) in [5.41, 5.74) is 2.51. The highest BCUT2D eigenvalue weighted by atomic mass is 16.4. The maximum atomic E-state index is 13.3. The summed E-state index contributed by atoms with van der Waals surface area (Å²) in [6, 6.07) is 5.45. The van der Waals surface area contributed by atoms with E-state index in [-0.39, 0.29) is 11.9 Å². The van der Waals surface area contributed by atoms with Crippen molar-refractivity contribution in [3.05, 3.63) is 53.8 Å². The molecular formula is C20H25N7O2. The molecule has 0 saturated carbocycles. The van der Waals surface area contributed by atoms with Crippen LogP contribution in [0.15, 0.2) is 35.3 Å². The van der Waals surface area contributed by atoms with Crippen molar-refractivity contribution in [3.8, 4) is 5.69 Å². The van der Waals surface area contributed by atoms with E-state index in [4.69, 9.17) is 4.42 Å². The molecule has 0 N–H and O–H groups in total. The van der Waals surface area contributed by atoms with E-state index in [9.17, 15) is 4.79 Å². The van der Waals surface area contributed by atoms with E-state index in [0.29, 0.717) is 30.4 Å². The Labute approximate surface area is 169 Å². The first-order valence-electron chi connectivity index (χ1n) is 9.76. The van der Waals surface area contributed by atoms with Crippen LogP contribution < -0.4 is 0 Å². The summed E-state index contributed by atoms with van der Waals surface area (Å²) >= 11 is 0. The highest BCUT2D eigenvalue weighted by Gasteiger charge is 2.32. The van der Waals surface area contributed by atoms with E-state index in [1.54, 1.807) is 11.0 Å². The van der Waals surface area contributed by atoms with Crippen LogP contribution in [0.2, 0.25) is 0 Å². The van der Waals surface area contributed by atoms with Crippen molar-refractivity contribution in [2.24, 2.45) is 0 Å². The lowest BCUT2D eigenvalue weighted by Crippen LogP contribution is -2.38. The first-order chi connectivity index (χ1) is 14.0. The Morgan fingerprint density at radius 3 is 2.86 bits per heavy atom. The van der Waals surface area contributed by atoms with Gasteiger partial charge in [-0.3, -0.25) is 4.79 Å². The molecule has 2 aromatic heterocycles. The SMILES string of the molecule is Cc1cc(C(=O)N2CCCCC2c2nnc(CN(C)C)o2)ccc1-n1cncn1. The van der Waals surface area contributed by atoms with Gasteiger partial charge in [0.25, 0.3) is 5.91 Å². The van der Waals surface area contributed by atoms with E-state index in [0.717, 1.165) is 30.5 Å². The van der Waals surface area contributed by atoms with Crippen molar-refractivity contribution >= 4 is 5.91 Å². The first kappa shape index (κ1) is 19.3. The normalized spacial score (nSPS) is 17.1. The molecule has 9 heteroatoms. The number of likely N-dealkylation sites (tertiary alicyclic amines) is 1. The minimum atomic E-state index is -0.185. The van der Waals surface area contributed by atoms with Crippen molar-refractivity contribution in [2.45, 2.75) is 38.8 Å². The number of benzene rings is 1. The molecule has 0 aliphatic carbocycles. The molecule has 1 atom stereocenters. The van der Waals surface area contributed by atoms with Gasteiger partial charge in [-0.05, 0) is 64.0 Å². The van der Waals surface area contributed by atoms with E-state index < -0.39 is 0 Å². The Morgan fingerprint density at radius 1 is 1.28 bits per heavy atom. The van der Waals surface area contributed by atoms with E-state index in [2.05, 4.69) is 20.3 Å². The van der Waals surface area contributed by atoms with Crippen LogP contribution in [0, 0.1) is 6.92 Å². The maximum Gasteiger partial charge on any atom is 0.254 e. The van der Waals surface area contributed by atoms with Crippen LogP contribution in [-0.2, 0) is 6.54 Å². The molecule has 1 aliphatic rings. The van der Waals surface area contributed by atoms with Gasteiger partial charge in [0.05, 0.1) is 12.2 Å². The van der Waals surface area contributed by atoms with Crippen molar-refractivity contribution in [1.29, 1.82) is 0 Å². The Morgan fingerprint density at radius 2 is 2.14 bits per heavy atom. The van der Waals surface area contributed by atoms with Gasteiger partial charge in [0.15, 0.2) is 0 Å². The van der Waals surface area contributed by atoms with Crippen molar-refractivity contribution in [3.63, 3.8) is 0 Å². The fourth-order valence-electron chi connectivity index (χ4n) is 3.71. The standard InChI is InChI=1S/C20H25N7O2/c1-14-10-15(7-8-16(14)27-13-21-12-22-27)20(28)26-9-5-4-6-17(26)19-24-23-18(29-19)11-25(2)3/h7-8,10,12-13,17H,4-6,9,11H2,1-3H3. The number of aromatic nitrogens is 5. The molecule has 29 heavy (non-hydrogen) atoms. The van der Waals surface area contributed by atoms with Crippen LogP contribution in [-0.4, -0.2) is 61.3 Å². The van der Waals surface area contributed by atoms with E-state index in [1.807, 2.05) is 49.0 Å². The van der Waals surface area contributed by atoms with Gasteiger partial charge in [0.2, 0.25) is 11.8 Å². The van der Waals surface area contributed by atoms with Gasteiger partial charge in [-0.15, -0.1) is 10.2 Å². The molecule has 152 valence electrons. The summed E-state index contributed by atoms with van der Waals surface area (Å²) in [6.45, 7) is 3.22. The molecule has 0 spiro atoms. The number of carbonyl (C=O) groups excluding carboxylic acids is 1. The molecule has 9 nitrogen and oxygen atoms in total. The van der Waals surface area contributed by atoms with Gasteiger partial charge in [0.1, 0.15) is 18.7 Å². The first-order valence-corrected chi connectivity index (χ1v) is 9.76. The van der Waals surface area contributed by atoms with Gasteiger partial charge < -0.3 is 14.2 Å². The average molecular weight is 395 g/mol. The molecule has 1 saturated heterocycles. The second-order valence-electron chi connectivity index (χ2n) is 7.62. The number of hydrogen-bond donors (Lipinski definition) is 0. The third-order valence-electron chi connectivity index (χ3n) is 5.09. The number of nitrogens with zero attached hydrogens (tertiary/aromatic N) is 7. The maximum absolute atomic E-state index is 13.3. The zero-order chi connectivity index (χ0) is 20.4. The zero-order valence-electron chi connectivity index (χ0n) is 16.9. The molecule has 1 aliphatic heterocycles. The van der Waals surface area contributed by atoms with Crippen LogP contribution in [0.3, 0.4) is 0 Å². The molecule has 0 radical (unpaired) electrons. The fraction of sp³-hybridized carbons (Fsp3) is 0.450. The second-order valence-corrected chi connectivity index (χ2v) is 7.62. The molecule has 3 heterocycles. The number of amides is 1. The third-order valence-corrected chi connectivity index (χ3v) is 5.09. The van der Waals surface area contributed by atoms with Gasteiger partial charge >= 0.3 is 0 Å². The monoisotopic (exact) mass is 395 g/mol. The Bertz CT molecular complexity index is 981. The van der Waals surface area contributed by atoms with Gasteiger partial charge in [-0.1, -0.05) is 0 Å². The summed E-state index contributed by atoms with van der Waals surface area (Å²) < 4.78 is 7.56. The summed E-state index contributed by atoms with van der Waals surface area (Å²) in [7, 11) is 3.90. The topological polar surface area (TPSA) is 93.2 Å². The lowest BCUT2D eigenvalue weighted by Gasteiger charge is -2.33. The fourth-order valence-corrected chi connectivity index (χ4v) is 3.71. The summed E-state index contributed by atoms with van der Waals surface area (Å²) in [6.07, 6.45) is 5.96. The number of hydrogen-bond acceptors (Lipinski definition) is 7. The molecular weight excluding hydrogens is 370 g/mol. The van der Waals surface area contributed by atoms with Gasteiger partial charge in [0, 0.05) is 12.1 Å². The molecule has 3 aromatic rings. The Hall–Kier alpha value is -3.07. The van der Waals surface area contributed by atoms with Gasteiger partial charge in [-0.25, -0.2) is 9.67 Å². The van der Waals surface area contributed by atoms with Crippen LogP contribution in [0.4, 0.5) is 0 Å². The summed E-state index contributed by atoms with van der Waals surface area (Å²) in [5, 5.41) is 12.5. The summed E-state index contributed by atoms with van der Waals surface area (Å²) in [5.74, 6) is 1.07. The van der Waals surface area contributed by atoms with Gasteiger partial charge in [-0.2, -0.15) is 5.10 Å². The molecule has 1 aromatic carbocycles. The minimum absolute atomic E-state index is 0.0182. The molecule has 4 rings (SSSR count). The molecule has 0 bridgehead atoms. The number of rotatable bonds is 5. The van der Waals surface area contributed by atoms with Crippen LogP contribution in [0.5, 0.6) is 0 Å². The predicted octanol–water partition coefficient (Wildman–Crippen LogP) is 2.39. The smallest absolute Gasteiger partial charge is 0.254 e. The van der Waals surface area contributed by atoms with Crippen molar-refractivity contribution in [2.75, 3.05) is 20.6 Å². The van der Waals surface area contributed by atoms with E-state index in [1.165, 1.54) is 6.33 Å². The second kappa shape index (κ2) is 8.12. The van der Waals surface area contributed by atoms with Crippen molar-refractivity contribution in [1.82, 2.24) is 34.8 Å². The number of piperidine rings is 1. The van der Waals surface area contributed by atoms with Crippen LogP contribution >= 0.6 is 0 Å². The molecule has 1 amide bonds. The van der Waals surface area contributed by atoms with Crippen LogP contribution in [0.1, 0.15) is 53.0 Å². The molecule has 1 unspecified atom stereocenters. The Kier molecular flexibility index (Phi) is 5.39. The lowest BCUT2D eigenvalue weighted by molar-refractivity contribution is 0.0568. The third kappa shape index (κ3) is 4.04. The lowest BCUT2D eigenvalue weighted by atomic mass is 10.00. The average Bonchev–Trinajstić information content (AvgIpc) is 3.39. The quantitative estimate of drug-likeness (QED) is 0.655. The minimum Gasteiger partial charge on any atom is -0.422 e. The number of carbonyl (C=O) groups is 1. The highest BCUT2D eigenvalue weighted by molar-refractivity contribution is 5.95. The largest absolute Gasteiger partial charge is 0.422 e. The highest BCUT2D eigenvalue weighted by Crippen LogP contribution is 2.32. The Balaban J connectivity index is 1.57. The predicted molar refractivity (Wildman–Crippen MR) is 105 cm³/mol. The van der Waals surface area contributed by atoms with E-state index >= 15 is 0 Å². The van der Waals surface area contributed by atoms with Crippen LogP contribution in [0.25, 0.3) is 5.69 Å². The molecule has 1 fully saturated rings. The van der Waals surface area contributed by atoms with Crippen molar-refractivity contribution < 1.29 is 9.21 Å².